The fourth-order valence-electron chi connectivity index (χ4n) is 2.86. The molecule has 20 heavy (non-hydrogen) atoms. The van der Waals surface area contributed by atoms with Crippen molar-refractivity contribution in [3.63, 3.8) is 0 Å². The Bertz CT molecular complexity index is 333. The molecule has 1 aliphatic rings. The minimum atomic E-state index is -0.919. The minimum Gasteiger partial charge on any atom is -0.481 e. The number of rotatable bonds is 6. The number of carboxylic acids is 1. The zero-order valence-electron chi connectivity index (χ0n) is 12.5. The first-order valence-corrected chi connectivity index (χ1v) is 7.55. The molecule has 3 N–H and O–H groups in total. The van der Waals surface area contributed by atoms with Crippen LogP contribution in [0.2, 0.25) is 0 Å². The molecule has 0 heterocycles. The summed E-state index contributed by atoms with van der Waals surface area (Å²) in [5.74, 6) is -0.999. The number of nitrogens with one attached hydrogen (secondary N) is 1. The molecule has 5 nitrogen and oxygen atoms in total. The lowest BCUT2D eigenvalue weighted by atomic mass is 9.77. The quantitative estimate of drug-likeness (QED) is 0.651. The average Bonchev–Trinajstić information content (AvgIpc) is 2.62. The number of amides is 1. The Morgan fingerprint density at radius 3 is 2.10 bits per heavy atom. The molecule has 0 bridgehead atoms. The van der Waals surface area contributed by atoms with Gasteiger partial charge in [0.15, 0.2) is 0 Å². The summed E-state index contributed by atoms with van der Waals surface area (Å²) in [7, 11) is 0. The monoisotopic (exact) mass is 285 g/mol. The second-order valence-electron chi connectivity index (χ2n) is 6.28. The van der Waals surface area contributed by atoms with Crippen molar-refractivity contribution in [3.8, 4) is 0 Å². The van der Waals surface area contributed by atoms with Crippen LogP contribution in [0.3, 0.4) is 0 Å². The Balaban J connectivity index is 2.70. The lowest BCUT2D eigenvalue weighted by Crippen LogP contribution is -2.44. The Labute approximate surface area is 120 Å². The average molecular weight is 285 g/mol. The van der Waals surface area contributed by atoms with Crippen LogP contribution in [0.25, 0.3) is 0 Å². The van der Waals surface area contributed by atoms with Crippen molar-refractivity contribution >= 4 is 11.9 Å². The summed E-state index contributed by atoms with van der Waals surface area (Å²) in [5, 5.41) is 21.5. The molecule has 0 spiro atoms. The number of hydrogen-bond acceptors (Lipinski definition) is 3. The maximum absolute atomic E-state index is 12.1. The van der Waals surface area contributed by atoms with Crippen LogP contribution in [0.5, 0.6) is 0 Å². The Kier molecular flexibility index (Phi) is 6.46. The van der Waals surface area contributed by atoms with E-state index in [1.54, 1.807) is 0 Å². The molecule has 1 atom stereocenters. The van der Waals surface area contributed by atoms with Gasteiger partial charge in [0.05, 0.1) is 18.1 Å². The Morgan fingerprint density at radius 1 is 1.15 bits per heavy atom. The first-order chi connectivity index (χ1) is 9.41. The lowest BCUT2D eigenvalue weighted by Gasteiger charge is -2.29. The van der Waals surface area contributed by atoms with Crippen LogP contribution in [0.15, 0.2) is 0 Å². The molecule has 0 aliphatic heterocycles. The maximum Gasteiger partial charge on any atom is 0.310 e. The number of carbonyl (C=O) groups excluding carboxylic acids is 1. The maximum atomic E-state index is 12.1. The fourth-order valence-corrected chi connectivity index (χ4v) is 2.86. The summed E-state index contributed by atoms with van der Waals surface area (Å²) in [6, 6.07) is -0.306. The van der Waals surface area contributed by atoms with E-state index in [-0.39, 0.29) is 30.9 Å². The summed E-state index contributed by atoms with van der Waals surface area (Å²) in [6.07, 6.45) is 4.98. The Hall–Kier alpha value is -1.10. The van der Waals surface area contributed by atoms with Crippen LogP contribution in [-0.4, -0.2) is 34.7 Å². The molecular formula is C15H27NO4. The molecule has 0 radical (unpaired) electrons. The normalized spacial score (nSPS) is 20.2. The first-order valence-electron chi connectivity index (χ1n) is 7.55. The molecule has 0 aromatic heterocycles. The van der Waals surface area contributed by atoms with Crippen LogP contribution >= 0.6 is 0 Å². The summed E-state index contributed by atoms with van der Waals surface area (Å²) in [5.41, 5.74) is -0.919. The van der Waals surface area contributed by atoms with Gasteiger partial charge in [0.1, 0.15) is 0 Å². The van der Waals surface area contributed by atoms with E-state index in [1.807, 2.05) is 13.8 Å². The van der Waals surface area contributed by atoms with Crippen LogP contribution < -0.4 is 5.32 Å². The molecule has 116 valence electrons. The third-order valence-corrected chi connectivity index (χ3v) is 4.36. The van der Waals surface area contributed by atoms with Crippen molar-refractivity contribution in [2.24, 2.45) is 11.3 Å². The van der Waals surface area contributed by atoms with Gasteiger partial charge in [-0.15, -0.1) is 0 Å². The van der Waals surface area contributed by atoms with Gasteiger partial charge in [0, 0.05) is 6.42 Å². The zero-order chi connectivity index (χ0) is 15.2. The van der Waals surface area contributed by atoms with E-state index in [0.717, 1.165) is 25.7 Å². The lowest BCUT2D eigenvalue weighted by molar-refractivity contribution is -0.153. The standard InChI is InChI=1S/C15H27NO4/c1-11(2)12(10-17)16-13(18)9-15(14(19)20)7-5-3-4-6-8-15/h11-12,17H,3-10H2,1-2H3,(H,16,18)(H,19,20). The predicted octanol–water partition coefficient (Wildman–Crippen LogP) is 1.93. The van der Waals surface area contributed by atoms with Crippen molar-refractivity contribution < 1.29 is 19.8 Å². The van der Waals surface area contributed by atoms with Crippen LogP contribution in [0.4, 0.5) is 0 Å². The molecule has 1 aliphatic carbocycles. The van der Waals surface area contributed by atoms with E-state index in [0.29, 0.717) is 12.8 Å². The summed E-state index contributed by atoms with van der Waals surface area (Å²) in [4.78, 5) is 23.7. The predicted molar refractivity (Wildman–Crippen MR) is 76.2 cm³/mol. The van der Waals surface area contributed by atoms with Gasteiger partial charge in [-0.1, -0.05) is 39.5 Å². The van der Waals surface area contributed by atoms with Gasteiger partial charge in [0.25, 0.3) is 0 Å². The van der Waals surface area contributed by atoms with Crippen LogP contribution in [0.1, 0.15) is 58.8 Å². The third-order valence-electron chi connectivity index (χ3n) is 4.36. The van der Waals surface area contributed by atoms with Crippen molar-refractivity contribution in [2.75, 3.05) is 6.61 Å². The largest absolute Gasteiger partial charge is 0.481 e. The smallest absolute Gasteiger partial charge is 0.310 e. The van der Waals surface area contributed by atoms with Gasteiger partial charge in [-0.25, -0.2) is 0 Å². The van der Waals surface area contributed by atoms with Gasteiger partial charge >= 0.3 is 5.97 Å². The number of carbonyl (C=O) groups is 2. The topological polar surface area (TPSA) is 86.6 Å². The first kappa shape index (κ1) is 17.0. The second-order valence-corrected chi connectivity index (χ2v) is 6.28. The van der Waals surface area contributed by atoms with E-state index in [1.165, 1.54) is 0 Å². The third kappa shape index (κ3) is 4.47. The van der Waals surface area contributed by atoms with Crippen molar-refractivity contribution in [1.82, 2.24) is 5.32 Å². The molecule has 1 rings (SSSR count). The highest BCUT2D eigenvalue weighted by atomic mass is 16.4. The molecule has 5 heteroatoms. The second kappa shape index (κ2) is 7.62. The molecule has 1 saturated carbocycles. The van der Waals surface area contributed by atoms with Gasteiger partial charge in [-0.05, 0) is 18.8 Å². The summed E-state index contributed by atoms with van der Waals surface area (Å²) in [6.45, 7) is 3.71. The number of aliphatic carboxylic acids is 1. The van der Waals surface area contributed by atoms with E-state index >= 15 is 0 Å². The number of hydrogen-bond donors (Lipinski definition) is 3. The van der Waals surface area contributed by atoms with E-state index in [4.69, 9.17) is 0 Å². The molecule has 1 unspecified atom stereocenters. The SMILES string of the molecule is CC(C)C(CO)NC(=O)CC1(C(=O)O)CCCCCC1. The van der Waals surface area contributed by atoms with Gasteiger partial charge < -0.3 is 15.5 Å². The zero-order valence-corrected chi connectivity index (χ0v) is 12.5. The van der Waals surface area contributed by atoms with Crippen molar-refractivity contribution in [2.45, 2.75) is 64.8 Å². The fraction of sp³-hybridized carbons (Fsp3) is 0.867. The summed E-state index contributed by atoms with van der Waals surface area (Å²) < 4.78 is 0. The minimum absolute atomic E-state index is 0.0194. The number of aliphatic hydroxyl groups is 1. The van der Waals surface area contributed by atoms with Crippen LogP contribution in [-0.2, 0) is 9.59 Å². The number of carboxylic acid groups (broad SMARTS) is 1. The molecule has 1 amide bonds. The molecule has 0 saturated heterocycles. The molecule has 1 fully saturated rings. The van der Waals surface area contributed by atoms with Crippen molar-refractivity contribution in [1.29, 1.82) is 0 Å². The molecule has 0 aromatic rings. The highest BCUT2D eigenvalue weighted by Gasteiger charge is 2.40. The van der Waals surface area contributed by atoms with E-state index in [9.17, 15) is 19.8 Å². The van der Waals surface area contributed by atoms with Crippen molar-refractivity contribution in [3.05, 3.63) is 0 Å². The van der Waals surface area contributed by atoms with Crippen LogP contribution in [0, 0.1) is 11.3 Å². The Morgan fingerprint density at radius 2 is 1.70 bits per heavy atom. The van der Waals surface area contributed by atoms with Gasteiger partial charge in [-0.2, -0.15) is 0 Å². The highest BCUT2D eigenvalue weighted by molar-refractivity contribution is 5.85. The van der Waals surface area contributed by atoms with E-state index < -0.39 is 11.4 Å². The van der Waals surface area contributed by atoms with Gasteiger partial charge in [-0.3, -0.25) is 9.59 Å². The molecule has 0 aromatic carbocycles. The van der Waals surface area contributed by atoms with E-state index in [2.05, 4.69) is 5.32 Å². The highest BCUT2D eigenvalue weighted by Crippen LogP contribution is 2.38. The number of aliphatic hydroxyl groups excluding tert-OH is 1. The van der Waals surface area contributed by atoms with Gasteiger partial charge in [0.2, 0.25) is 5.91 Å². The summed E-state index contributed by atoms with van der Waals surface area (Å²) >= 11 is 0. The molecular weight excluding hydrogens is 258 g/mol.